The van der Waals surface area contributed by atoms with Crippen LogP contribution in [0.5, 0.6) is 0 Å². The molecule has 1 atom stereocenters. The van der Waals surface area contributed by atoms with Crippen LogP contribution >= 0.6 is 11.6 Å². The summed E-state index contributed by atoms with van der Waals surface area (Å²) < 4.78 is 30.2. The molecule has 0 heterocycles. The van der Waals surface area contributed by atoms with E-state index in [1.807, 2.05) is 37.3 Å². The van der Waals surface area contributed by atoms with E-state index in [9.17, 15) is 18.0 Å². The Hall–Kier alpha value is -2.46. The molecule has 0 aliphatic rings. The molecule has 0 radical (unpaired) electrons. The van der Waals surface area contributed by atoms with Gasteiger partial charge in [0.25, 0.3) is 0 Å². The summed E-state index contributed by atoms with van der Waals surface area (Å²) in [6.45, 7) is 3.17. The molecule has 10 heteroatoms. The van der Waals surface area contributed by atoms with Crippen LogP contribution in [-0.2, 0) is 37.3 Å². The van der Waals surface area contributed by atoms with Gasteiger partial charge in [-0.05, 0) is 36.6 Å². The van der Waals surface area contributed by atoms with Crippen molar-refractivity contribution in [3.8, 4) is 0 Å². The Balaban J connectivity index is 2.35. The Morgan fingerprint density at radius 3 is 2.31 bits per heavy atom. The third kappa shape index (κ3) is 9.97. The number of hydrogen-bond acceptors (Lipinski definition) is 5. The molecule has 0 aliphatic heterocycles. The molecule has 35 heavy (non-hydrogen) atoms. The first-order chi connectivity index (χ1) is 16.6. The van der Waals surface area contributed by atoms with Crippen molar-refractivity contribution in [3.63, 3.8) is 0 Å². The number of carbonyl (C=O) groups excluding carboxylic acids is 2. The van der Waals surface area contributed by atoms with Crippen molar-refractivity contribution in [2.75, 3.05) is 39.6 Å². The second-order valence-corrected chi connectivity index (χ2v) is 10.7. The van der Waals surface area contributed by atoms with Gasteiger partial charge in [-0.15, -0.1) is 0 Å². The summed E-state index contributed by atoms with van der Waals surface area (Å²) in [4.78, 5) is 28.2. The summed E-state index contributed by atoms with van der Waals surface area (Å²) in [5.74, 6) is -0.784. The lowest BCUT2D eigenvalue weighted by molar-refractivity contribution is -0.141. The van der Waals surface area contributed by atoms with Crippen molar-refractivity contribution in [2.24, 2.45) is 0 Å². The maximum absolute atomic E-state index is 13.4. The van der Waals surface area contributed by atoms with Crippen LogP contribution in [0, 0.1) is 0 Å². The minimum Gasteiger partial charge on any atom is -0.382 e. The molecule has 0 fully saturated rings. The molecule has 0 aliphatic carbocycles. The summed E-state index contributed by atoms with van der Waals surface area (Å²) in [5.41, 5.74) is 1.65. The quantitative estimate of drug-likeness (QED) is 0.384. The summed E-state index contributed by atoms with van der Waals surface area (Å²) in [5, 5.41) is 3.46. The third-order valence-corrected chi connectivity index (χ3v) is 6.94. The minimum atomic E-state index is -3.58. The van der Waals surface area contributed by atoms with Crippen molar-refractivity contribution in [2.45, 2.75) is 32.4 Å². The maximum atomic E-state index is 13.4. The zero-order valence-electron chi connectivity index (χ0n) is 20.4. The standard InChI is InChI=1S/C25H34ClN3O5S/c1-4-34-16-8-15-27-25(31)23(17-20-9-6-5-7-10-20)29(18-21-11-13-22(26)14-12-21)24(30)19-28(2)35(3,32)33/h5-7,9-14,23H,4,8,15-19H2,1-3H3,(H,27,31)/t23-/m1/s1. The Morgan fingerprint density at radius 1 is 1.06 bits per heavy atom. The van der Waals surface area contributed by atoms with Gasteiger partial charge in [-0.1, -0.05) is 54.1 Å². The van der Waals surface area contributed by atoms with Crippen LogP contribution in [0.25, 0.3) is 0 Å². The average molecular weight is 524 g/mol. The highest BCUT2D eigenvalue weighted by Crippen LogP contribution is 2.17. The fourth-order valence-electron chi connectivity index (χ4n) is 3.39. The van der Waals surface area contributed by atoms with Crippen LogP contribution < -0.4 is 5.32 Å². The Labute approximate surface area is 213 Å². The number of carbonyl (C=O) groups is 2. The second-order valence-electron chi connectivity index (χ2n) is 8.21. The molecule has 0 saturated heterocycles. The number of halogens is 1. The van der Waals surface area contributed by atoms with Gasteiger partial charge in [0, 0.05) is 44.8 Å². The number of ether oxygens (including phenoxy) is 1. The number of hydrogen-bond donors (Lipinski definition) is 1. The van der Waals surface area contributed by atoms with Crippen LogP contribution in [0.15, 0.2) is 54.6 Å². The summed E-state index contributed by atoms with van der Waals surface area (Å²) in [6.07, 6.45) is 1.95. The van der Waals surface area contributed by atoms with E-state index in [-0.39, 0.29) is 25.4 Å². The van der Waals surface area contributed by atoms with Crippen molar-refractivity contribution in [1.29, 1.82) is 0 Å². The SMILES string of the molecule is CCOCCCNC(=O)[C@@H](Cc1ccccc1)N(Cc1ccc(Cl)cc1)C(=O)CN(C)S(C)(=O)=O. The molecule has 0 saturated carbocycles. The van der Waals surface area contributed by atoms with E-state index in [1.54, 1.807) is 24.3 Å². The Bertz CT molecular complexity index is 1050. The fraction of sp³-hybridized carbons (Fsp3) is 0.440. The summed E-state index contributed by atoms with van der Waals surface area (Å²) in [6, 6.07) is 15.5. The molecule has 1 N–H and O–H groups in total. The van der Waals surface area contributed by atoms with E-state index in [0.29, 0.717) is 31.2 Å². The maximum Gasteiger partial charge on any atom is 0.243 e. The Kier molecular flexibility index (Phi) is 11.7. The van der Waals surface area contributed by atoms with E-state index in [4.69, 9.17) is 16.3 Å². The molecule has 2 aromatic carbocycles. The van der Waals surface area contributed by atoms with Crippen LogP contribution in [0.2, 0.25) is 5.02 Å². The largest absolute Gasteiger partial charge is 0.382 e. The Morgan fingerprint density at radius 2 is 1.71 bits per heavy atom. The average Bonchev–Trinajstić information content (AvgIpc) is 2.82. The van der Waals surface area contributed by atoms with Gasteiger partial charge in [-0.25, -0.2) is 8.42 Å². The lowest BCUT2D eigenvalue weighted by Crippen LogP contribution is -2.53. The van der Waals surface area contributed by atoms with Gasteiger partial charge < -0.3 is 15.0 Å². The number of nitrogens with one attached hydrogen (secondary N) is 1. The van der Waals surface area contributed by atoms with Gasteiger partial charge >= 0.3 is 0 Å². The van der Waals surface area contributed by atoms with Crippen LogP contribution in [-0.4, -0.2) is 75.1 Å². The first-order valence-corrected chi connectivity index (χ1v) is 13.7. The van der Waals surface area contributed by atoms with E-state index >= 15 is 0 Å². The summed E-state index contributed by atoms with van der Waals surface area (Å²) >= 11 is 6.02. The van der Waals surface area contributed by atoms with Crippen molar-refractivity contribution < 1.29 is 22.7 Å². The number of rotatable bonds is 14. The van der Waals surface area contributed by atoms with Crippen LogP contribution in [0.3, 0.4) is 0 Å². The van der Waals surface area contributed by atoms with E-state index < -0.39 is 22.0 Å². The first-order valence-electron chi connectivity index (χ1n) is 11.5. The van der Waals surface area contributed by atoms with E-state index in [1.165, 1.54) is 11.9 Å². The highest BCUT2D eigenvalue weighted by molar-refractivity contribution is 7.88. The number of benzene rings is 2. The van der Waals surface area contributed by atoms with Gasteiger partial charge in [0.15, 0.2) is 0 Å². The molecular weight excluding hydrogens is 490 g/mol. The molecule has 0 aromatic heterocycles. The molecule has 0 spiro atoms. The predicted molar refractivity (Wildman–Crippen MR) is 138 cm³/mol. The van der Waals surface area contributed by atoms with Gasteiger partial charge in [-0.2, -0.15) is 4.31 Å². The molecule has 0 unspecified atom stereocenters. The highest BCUT2D eigenvalue weighted by Gasteiger charge is 2.31. The molecule has 2 aromatic rings. The van der Waals surface area contributed by atoms with E-state index in [0.717, 1.165) is 21.7 Å². The zero-order valence-corrected chi connectivity index (χ0v) is 22.0. The molecule has 2 amide bonds. The molecule has 192 valence electrons. The lowest BCUT2D eigenvalue weighted by Gasteiger charge is -2.32. The number of likely N-dealkylation sites (N-methyl/N-ethyl adjacent to an activating group) is 1. The first kappa shape index (κ1) is 28.8. The number of sulfonamides is 1. The lowest BCUT2D eigenvalue weighted by atomic mass is 10.0. The topological polar surface area (TPSA) is 96.0 Å². The van der Waals surface area contributed by atoms with Crippen molar-refractivity contribution >= 4 is 33.4 Å². The molecule has 2 rings (SSSR count). The van der Waals surface area contributed by atoms with Gasteiger partial charge in [-0.3, -0.25) is 9.59 Å². The van der Waals surface area contributed by atoms with Gasteiger partial charge in [0.2, 0.25) is 21.8 Å². The van der Waals surface area contributed by atoms with Gasteiger partial charge in [0.1, 0.15) is 6.04 Å². The number of amides is 2. The van der Waals surface area contributed by atoms with Crippen molar-refractivity contribution in [1.82, 2.24) is 14.5 Å². The summed E-state index contributed by atoms with van der Waals surface area (Å²) in [7, 11) is -2.24. The second kappa shape index (κ2) is 14.2. The minimum absolute atomic E-state index is 0.122. The molecular formula is C25H34ClN3O5S. The smallest absolute Gasteiger partial charge is 0.243 e. The highest BCUT2D eigenvalue weighted by atomic mass is 35.5. The third-order valence-electron chi connectivity index (χ3n) is 5.43. The predicted octanol–water partition coefficient (Wildman–Crippen LogP) is 2.71. The van der Waals surface area contributed by atoms with E-state index in [2.05, 4.69) is 5.32 Å². The molecule has 8 nitrogen and oxygen atoms in total. The zero-order chi connectivity index (χ0) is 25.8. The normalized spacial score (nSPS) is 12.4. The van der Waals surface area contributed by atoms with Crippen LogP contribution in [0.1, 0.15) is 24.5 Å². The number of nitrogens with zero attached hydrogens (tertiary/aromatic N) is 2. The van der Waals surface area contributed by atoms with Crippen LogP contribution in [0.4, 0.5) is 0 Å². The molecule has 0 bridgehead atoms. The van der Waals surface area contributed by atoms with Gasteiger partial charge in [0.05, 0.1) is 12.8 Å². The monoisotopic (exact) mass is 523 g/mol. The fourth-order valence-corrected chi connectivity index (χ4v) is 3.86. The van der Waals surface area contributed by atoms with Crippen molar-refractivity contribution in [3.05, 3.63) is 70.7 Å².